The van der Waals surface area contributed by atoms with Crippen LogP contribution in [0.4, 0.5) is 4.39 Å². The summed E-state index contributed by atoms with van der Waals surface area (Å²) in [6.07, 6.45) is 3.06. The van der Waals surface area contributed by atoms with Crippen LogP contribution < -0.4 is 0 Å². The Kier molecular flexibility index (Phi) is 2.82. The van der Waals surface area contributed by atoms with Crippen molar-refractivity contribution in [1.82, 2.24) is 0 Å². The number of hydrogen-bond donors (Lipinski definition) is 2. The van der Waals surface area contributed by atoms with E-state index < -0.39 is 5.82 Å². The van der Waals surface area contributed by atoms with Crippen LogP contribution >= 0.6 is 0 Å². The van der Waals surface area contributed by atoms with Crippen molar-refractivity contribution >= 4 is 6.08 Å². The zero-order valence-electron chi connectivity index (χ0n) is 6.37. The Balaban J connectivity index is 2.89. The Labute approximate surface area is 69.6 Å². The Morgan fingerprint density at radius 1 is 1.42 bits per heavy atom. The first kappa shape index (κ1) is 8.74. The Morgan fingerprint density at radius 2 is 2.17 bits per heavy atom. The van der Waals surface area contributed by atoms with Gasteiger partial charge in [-0.1, -0.05) is 18.2 Å². The smallest absolute Gasteiger partial charge is 0.165 e. The molecule has 0 aliphatic heterocycles. The van der Waals surface area contributed by atoms with Gasteiger partial charge in [0.15, 0.2) is 11.6 Å². The van der Waals surface area contributed by atoms with Gasteiger partial charge in [0.1, 0.15) is 0 Å². The van der Waals surface area contributed by atoms with Crippen molar-refractivity contribution in [2.45, 2.75) is 0 Å². The van der Waals surface area contributed by atoms with E-state index in [4.69, 9.17) is 10.2 Å². The number of phenolic OH excluding ortho intramolecular Hbond substituents is 1. The predicted molar refractivity (Wildman–Crippen MR) is 44.2 cm³/mol. The lowest BCUT2D eigenvalue weighted by Crippen LogP contribution is -1.79. The minimum atomic E-state index is -0.657. The lowest BCUT2D eigenvalue weighted by Gasteiger charge is -1.95. The average molecular weight is 168 g/mol. The Bertz CT molecular complexity index is 295. The maximum atomic E-state index is 12.7. The number of halogens is 1. The summed E-state index contributed by atoms with van der Waals surface area (Å²) in [6, 6.07) is 4.03. The van der Waals surface area contributed by atoms with Crippen LogP contribution in [0.5, 0.6) is 5.75 Å². The van der Waals surface area contributed by atoms with Gasteiger partial charge in [0.2, 0.25) is 0 Å². The molecule has 0 amide bonds. The van der Waals surface area contributed by atoms with E-state index in [1.807, 2.05) is 0 Å². The molecule has 0 fully saturated rings. The molecule has 3 heteroatoms. The normalized spacial score (nSPS) is 10.8. The first-order chi connectivity index (χ1) is 5.74. The molecule has 0 spiro atoms. The molecule has 0 aromatic heterocycles. The van der Waals surface area contributed by atoms with E-state index in [-0.39, 0.29) is 12.4 Å². The molecule has 0 unspecified atom stereocenters. The molecule has 1 aromatic rings. The van der Waals surface area contributed by atoms with Crippen molar-refractivity contribution in [2.75, 3.05) is 6.61 Å². The first-order valence-electron chi connectivity index (χ1n) is 3.50. The fourth-order valence-electron chi connectivity index (χ4n) is 0.816. The van der Waals surface area contributed by atoms with Gasteiger partial charge in [-0.3, -0.25) is 0 Å². The third-order valence-corrected chi connectivity index (χ3v) is 1.39. The number of benzene rings is 1. The van der Waals surface area contributed by atoms with Crippen LogP contribution in [0.15, 0.2) is 24.3 Å². The molecule has 12 heavy (non-hydrogen) atoms. The van der Waals surface area contributed by atoms with Crippen LogP contribution in [0, 0.1) is 5.82 Å². The molecule has 64 valence electrons. The SMILES string of the molecule is OC/C=C/c1ccc(O)c(F)c1. The van der Waals surface area contributed by atoms with Gasteiger partial charge >= 0.3 is 0 Å². The van der Waals surface area contributed by atoms with Gasteiger partial charge in [-0.05, 0) is 17.7 Å². The number of aromatic hydroxyl groups is 1. The topological polar surface area (TPSA) is 40.5 Å². The fourth-order valence-corrected chi connectivity index (χ4v) is 0.816. The summed E-state index contributed by atoms with van der Waals surface area (Å²) in [5.74, 6) is -1.02. The van der Waals surface area contributed by atoms with E-state index in [1.54, 1.807) is 12.1 Å². The fraction of sp³-hybridized carbons (Fsp3) is 0.111. The molecule has 0 aliphatic carbocycles. The molecule has 0 saturated heterocycles. The molecule has 2 N–H and O–H groups in total. The molecule has 0 bridgehead atoms. The number of hydrogen-bond acceptors (Lipinski definition) is 2. The monoisotopic (exact) mass is 168 g/mol. The summed E-state index contributed by atoms with van der Waals surface area (Å²) in [6.45, 7) is -0.0809. The Morgan fingerprint density at radius 3 is 2.75 bits per heavy atom. The maximum Gasteiger partial charge on any atom is 0.165 e. The van der Waals surface area contributed by atoms with Gasteiger partial charge in [0.25, 0.3) is 0 Å². The predicted octanol–water partition coefficient (Wildman–Crippen LogP) is 1.54. The van der Waals surface area contributed by atoms with E-state index in [2.05, 4.69) is 0 Å². The van der Waals surface area contributed by atoms with E-state index in [1.165, 1.54) is 18.2 Å². The second kappa shape index (κ2) is 3.88. The van der Waals surface area contributed by atoms with E-state index >= 15 is 0 Å². The summed E-state index contributed by atoms with van der Waals surface area (Å²) in [5, 5.41) is 17.2. The van der Waals surface area contributed by atoms with Crippen molar-refractivity contribution in [3.05, 3.63) is 35.7 Å². The van der Waals surface area contributed by atoms with Crippen LogP contribution in [0.1, 0.15) is 5.56 Å². The molecule has 0 atom stereocenters. The number of aliphatic hydroxyl groups excluding tert-OH is 1. The van der Waals surface area contributed by atoms with Crippen LogP contribution in [-0.4, -0.2) is 16.8 Å². The van der Waals surface area contributed by atoms with Crippen LogP contribution in [0.25, 0.3) is 6.08 Å². The molecular weight excluding hydrogens is 159 g/mol. The summed E-state index contributed by atoms with van der Waals surface area (Å²) in [5.41, 5.74) is 0.611. The zero-order valence-corrected chi connectivity index (χ0v) is 6.37. The second-order valence-corrected chi connectivity index (χ2v) is 2.30. The van der Waals surface area contributed by atoms with E-state index in [0.717, 1.165) is 0 Å². The molecule has 1 rings (SSSR count). The highest BCUT2D eigenvalue weighted by atomic mass is 19.1. The van der Waals surface area contributed by atoms with Crippen LogP contribution in [-0.2, 0) is 0 Å². The zero-order chi connectivity index (χ0) is 8.97. The summed E-state index contributed by atoms with van der Waals surface area (Å²) < 4.78 is 12.7. The largest absolute Gasteiger partial charge is 0.505 e. The third kappa shape index (κ3) is 2.07. The highest BCUT2D eigenvalue weighted by Crippen LogP contribution is 2.16. The summed E-state index contributed by atoms with van der Waals surface area (Å²) >= 11 is 0. The third-order valence-electron chi connectivity index (χ3n) is 1.39. The molecule has 1 aromatic carbocycles. The quantitative estimate of drug-likeness (QED) is 0.703. The molecule has 2 nitrogen and oxygen atoms in total. The summed E-state index contributed by atoms with van der Waals surface area (Å²) in [4.78, 5) is 0. The minimum Gasteiger partial charge on any atom is -0.505 e. The standard InChI is InChI=1S/C9H9FO2/c10-8-6-7(2-1-5-11)3-4-9(8)12/h1-4,6,11-12H,5H2/b2-1+. The molecule has 0 radical (unpaired) electrons. The van der Waals surface area contributed by atoms with Gasteiger partial charge in [0.05, 0.1) is 6.61 Å². The first-order valence-corrected chi connectivity index (χ1v) is 3.50. The van der Waals surface area contributed by atoms with Gasteiger partial charge in [-0.2, -0.15) is 0 Å². The van der Waals surface area contributed by atoms with Crippen molar-refractivity contribution in [3.8, 4) is 5.75 Å². The molecule has 0 aliphatic rings. The second-order valence-electron chi connectivity index (χ2n) is 2.30. The van der Waals surface area contributed by atoms with Gasteiger partial charge in [-0.15, -0.1) is 0 Å². The highest BCUT2D eigenvalue weighted by molar-refractivity contribution is 5.50. The lowest BCUT2D eigenvalue weighted by molar-refractivity contribution is 0.343. The van der Waals surface area contributed by atoms with Crippen molar-refractivity contribution < 1.29 is 14.6 Å². The van der Waals surface area contributed by atoms with Gasteiger partial charge in [0, 0.05) is 0 Å². The Hall–Kier alpha value is -1.35. The maximum absolute atomic E-state index is 12.7. The number of rotatable bonds is 2. The van der Waals surface area contributed by atoms with Gasteiger partial charge < -0.3 is 10.2 Å². The molecular formula is C9H9FO2. The number of aliphatic hydroxyl groups is 1. The number of phenols is 1. The minimum absolute atomic E-state index is 0.0809. The van der Waals surface area contributed by atoms with E-state index in [9.17, 15) is 4.39 Å². The van der Waals surface area contributed by atoms with Crippen molar-refractivity contribution in [1.29, 1.82) is 0 Å². The molecule has 0 saturated carbocycles. The highest BCUT2D eigenvalue weighted by Gasteiger charge is 1.97. The van der Waals surface area contributed by atoms with Gasteiger partial charge in [-0.25, -0.2) is 4.39 Å². The molecule has 0 heterocycles. The lowest BCUT2D eigenvalue weighted by atomic mass is 10.2. The van der Waals surface area contributed by atoms with Crippen LogP contribution in [0.2, 0.25) is 0 Å². The van der Waals surface area contributed by atoms with Crippen LogP contribution in [0.3, 0.4) is 0 Å². The average Bonchev–Trinajstić information content (AvgIpc) is 2.07. The van der Waals surface area contributed by atoms with Crippen molar-refractivity contribution in [3.63, 3.8) is 0 Å². The van der Waals surface area contributed by atoms with E-state index in [0.29, 0.717) is 5.56 Å². The summed E-state index contributed by atoms with van der Waals surface area (Å²) in [7, 11) is 0. The van der Waals surface area contributed by atoms with Crippen molar-refractivity contribution in [2.24, 2.45) is 0 Å².